The first kappa shape index (κ1) is 18.8. The van der Waals surface area contributed by atoms with Crippen LogP contribution in [0.5, 0.6) is 0 Å². The number of nitrogens with one attached hydrogen (secondary N) is 1. The summed E-state index contributed by atoms with van der Waals surface area (Å²) in [6.45, 7) is 3.09. The number of aromatic amines is 1. The molecule has 2 heterocycles. The van der Waals surface area contributed by atoms with Crippen molar-refractivity contribution >= 4 is 27.6 Å². The molecule has 2 aromatic heterocycles. The second-order valence-corrected chi connectivity index (χ2v) is 7.18. The van der Waals surface area contributed by atoms with Gasteiger partial charge in [0.2, 0.25) is 0 Å². The number of halogens is 2. The molecule has 4 aromatic rings. The molecule has 0 amide bonds. The van der Waals surface area contributed by atoms with Gasteiger partial charge in [-0.25, -0.2) is 8.78 Å². The first-order valence-electron chi connectivity index (χ1n) is 8.98. The van der Waals surface area contributed by atoms with Gasteiger partial charge < -0.3 is 9.67 Å². The van der Waals surface area contributed by atoms with E-state index in [4.69, 9.17) is 0 Å². The number of aliphatic carboxylic acids is 1. The average Bonchev–Trinajstić information content (AvgIpc) is 3.11. The molecule has 0 aliphatic heterocycles. The molecule has 0 radical (unpaired) electrons. The van der Waals surface area contributed by atoms with Crippen molar-refractivity contribution in [2.75, 3.05) is 0 Å². The van der Waals surface area contributed by atoms with Crippen molar-refractivity contribution in [2.24, 2.45) is 0 Å². The molecule has 0 saturated heterocycles. The van der Waals surface area contributed by atoms with Crippen LogP contribution < -0.4 is 5.56 Å². The van der Waals surface area contributed by atoms with Crippen LogP contribution in [0.3, 0.4) is 0 Å². The van der Waals surface area contributed by atoms with E-state index < -0.39 is 29.7 Å². The van der Waals surface area contributed by atoms with E-state index in [2.05, 4.69) is 10.2 Å². The van der Waals surface area contributed by atoms with Crippen LogP contribution in [0.25, 0.3) is 32.8 Å². The largest absolute Gasteiger partial charge is 0.480 e. The van der Waals surface area contributed by atoms with Gasteiger partial charge in [-0.1, -0.05) is 19.9 Å². The number of aromatic nitrogens is 3. The van der Waals surface area contributed by atoms with Crippen molar-refractivity contribution < 1.29 is 18.7 Å². The van der Waals surface area contributed by atoms with Gasteiger partial charge in [0.25, 0.3) is 5.56 Å². The van der Waals surface area contributed by atoms with Crippen LogP contribution >= 0.6 is 0 Å². The minimum absolute atomic E-state index is 0.255. The first-order chi connectivity index (χ1) is 13.8. The van der Waals surface area contributed by atoms with Gasteiger partial charge in [0.15, 0.2) is 11.6 Å². The molecule has 2 aromatic carbocycles. The summed E-state index contributed by atoms with van der Waals surface area (Å²) in [4.78, 5) is 24.7. The molecule has 4 rings (SSSR count). The Balaban J connectivity index is 2.24. The van der Waals surface area contributed by atoms with Crippen LogP contribution in [-0.4, -0.2) is 25.8 Å². The number of carbonyl (C=O) groups is 1. The van der Waals surface area contributed by atoms with Gasteiger partial charge in [0.1, 0.15) is 6.54 Å². The highest BCUT2D eigenvalue weighted by Gasteiger charge is 2.23. The summed E-state index contributed by atoms with van der Waals surface area (Å²) >= 11 is 0. The predicted molar refractivity (Wildman–Crippen MR) is 105 cm³/mol. The van der Waals surface area contributed by atoms with E-state index in [9.17, 15) is 23.5 Å². The SMILES string of the molecule is CC(C)c1c(-c2ccc(F)c(F)c2)c2cc3cn[nH]c3cc2c(=O)n1CC(=O)O. The lowest BCUT2D eigenvalue weighted by atomic mass is 9.91. The lowest BCUT2D eigenvalue weighted by molar-refractivity contribution is -0.137. The summed E-state index contributed by atoms with van der Waals surface area (Å²) < 4.78 is 28.8. The number of carboxylic acids is 1. The average molecular weight is 397 g/mol. The van der Waals surface area contributed by atoms with Crippen LogP contribution in [0, 0.1) is 11.6 Å². The van der Waals surface area contributed by atoms with Gasteiger partial charge in [-0.2, -0.15) is 5.10 Å². The monoisotopic (exact) mass is 397 g/mol. The lowest BCUT2D eigenvalue weighted by Gasteiger charge is -2.22. The van der Waals surface area contributed by atoms with Gasteiger partial charge in [-0.3, -0.25) is 14.7 Å². The second-order valence-electron chi connectivity index (χ2n) is 7.18. The number of nitrogens with zero attached hydrogens (tertiary/aromatic N) is 2. The number of hydrogen-bond donors (Lipinski definition) is 2. The Hall–Kier alpha value is -3.55. The number of fused-ring (bicyclic) bond motifs is 2. The van der Waals surface area contributed by atoms with E-state index in [1.807, 2.05) is 13.8 Å². The normalized spacial score (nSPS) is 11.6. The van der Waals surface area contributed by atoms with Gasteiger partial charge in [0, 0.05) is 22.0 Å². The molecule has 0 atom stereocenters. The molecule has 0 bridgehead atoms. The zero-order chi connectivity index (χ0) is 20.9. The third-order valence-corrected chi connectivity index (χ3v) is 4.92. The topological polar surface area (TPSA) is 88.0 Å². The highest BCUT2D eigenvalue weighted by atomic mass is 19.2. The van der Waals surface area contributed by atoms with E-state index in [-0.39, 0.29) is 11.3 Å². The Morgan fingerprint density at radius 3 is 2.59 bits per heavy atom. The Kier molecular flexibility index (Phi) is 4.41. The fourth-order valence-corrected chi connectivity index (χ4v) is 3.75. The molecule has 8 heteroatoms. The molecule has 0 saturated carbocycles. The maximum atomic E-state index is 14.0. The quantitative estimate of drug-likeness (QED) is 0.544. The number of H-pyrrole nitrogens is 1. The van der Waals surface area contributed by atoms with Crippen LogP contribution in [0.1, 0.15) is 25.5 Å². The van der Waals surface area contributed by atoms with Crippen LogP contribution in [0.4, 0.5) is 8.78 Å². The fraction of sp³-hybridized carbons (Fsp3) is 0.190. The van der Waals surface area contributed by atoms with Crippen molar-refractivity contribution in [3.63, 3.8) is 0 Å². The Labute approximate surface area is 163 Å². The minimum Gasteiger partial charge on any atom is -0.480 e. The van der Waals surface area contributed by atoms with E-state index >= 15 is 0 Å². The summed E-state index contributed by atoms with van der Waals surface area (Å²) in [6, 6.07) is 6.86. The van der Waals surface area contributed by atoms with Crippen LogP contribution in [-0.2, 0) is 11.3 Å². The molecule has 148 valence electrons. The summed E-state index contributed by atoms with van der Waals surface area (Å²) in [6.07, 6.45) is 1.60. The Bertz CT molecular complexity index is 1340. The molecular formula is C21H17F2N3O3. The number of benzene rings is 2. The van der Waals surface area contributed by atoms with Crippen molar-refractivity contribution in [3.05, 3.63) is 64.2 Å². The Morgan fingerprint density at radius 1 is 1.17 bits per heavy atom. The summed E-state index contributed by atoms with van der Waals surface area (Å²) in [5, 5.41) is 17.7. The third kappa shape index (κ3) is 3.06. The van der Waals surface area contributed by atoms with Gasteiger partial charge in [-0.05, 0) is 41.1 Å². The van der Waals surface area contributed by atoms with Crippen molar-refractivity contribution in [2.45, 2.75) is 26.3 Å². The Morgan fingerprint density at radius 2 is 1.93 bits per heavy atom. The highest BCUT2D eigenvalue weighted by Crippen LogP contribution is 2.36. The number of rotatable bonds is 4. The molecule has 0 spiro atoms. The van der Waals surface area contributed by atoms with Crippen molar-refractivity contribution in [1.29, 1.82) is 0 Å². The van der Waals surface area contributed by atoms with Gasteiger partial charge in [0.05, 0.1) is 11.7 Å². The van der Waals surface area contributed by atoms with Crippen LogP contribution in [0.2, 0.25) is 0 Å². The fourth-order valence-electron chi connectivity index (χ4n) is 3.75. The van der Waals surface area contributed by atoms with E-state index in [1.165, 1.54) is 10.6 Å². The molecule has 2 N–H and O–H groups in total. The number of carboxylic acid groups (broad SMARTS) is 1. The van der Waals surface area contributed by atoms with Crippen LogP contribution in [0.15, 0.2) is 41.3 Å². The predicted octanol–water partition coefficient (Wildman–Crippen LogP) is 4.03. The van der Waals surface area contributed by atoms with Crippen molar-refractivity contribution in [1.82, 2.24) is 14.8 Å². The molecule has 0 fully saturated rings. The van der Waals surface area contributed by atoms with Crippen molar-refractivity contribution in [3.8, 4) is 11.1 Å². The smallest absolute Gasteiger partial charge is 0.323 e. The maximum absolute atomic E-state index is 14.0. The zero-order valence-electron chi connectivity index (χ0n) is 15.7. The van der Waals surface area contributed by atoms with E-state index in [0.29, 0.717) is 27.7 Å². The molecule has 6 nitrogen and oxygen atoms in total. The minimum atomic E-state index is -1.17. The molecule has 0 unspecified atom stereocenters. The lowest BCUT2D eigenvalue weighted by Crippen LogP contribution is -2.29. The number of pyridine rings is 1. The summed E-state index contributed by atoms with van der Waals surface area (Å²) in [5.41, 5.74) is 1.45. The van der Waals surface area contributed by atoms with E-state index in [0.717, 1.165) is 17.5 Å². The van der Waals surface area contributed by atoms with Gasteiger partial charge in [-0.15, -0.1) is 0 Å². The highest BCUT2D eigenvalue weighted by molar-refractivity contribution is 6.04. The standard InChI is InChI=1S/C21H17F2N3O3/c1-10(2)20-19(11-3-4-15(22)16(23)6-11)13-5-12-8-24-25-17(12)7-14(13)21(29)26(20)9-18(27)28/h3-8,10H,9H2,1-2H3,(H,24,25)(H,27,28). The molecular weight excluding hydrogens is 380 g/mol. The number of hydrogen-bond acceptors (Lipinski definition) is 3. The summed E-state index contributed by atoms with van der Waals surface area (Å²) in [7, 11) is 0. The first-order valence-corrected chi connectivity index (χ1v) is 8.98. The zero-order valence-corrected chi connectivity index (χ0v) is 15.7. The molecule has 0 aliphatic rings. The molecule has 0 aliphatic carbocycles. The maximum Gasteiger partial charge on any atom is 0.323 e. The van der Waals surface area contributed by atoms with E-state index in [1.54, 1.807) is 18.3 Å². The molecule has 29 heavy (non-hydrogen) atoms. The van der Waals surface area contributed by atoms with Gasteiger partial charge >= 0.3 is 5.97 Å². The summed E-state index contributed by atoms with van der Waals surface area (Å²) in [5.74, 6) is -3.44. The second kappa shape index (κ2) is 6.80. The third-order valence-electron chi connectivity index (χ3n) is 4.92.